The Kier molecular flexibility index (Phi) is 4.01. The maximum atomic E-state index is 12.1. The van der Waals surface area contributed by atoms with E-state index < -0.39 is 0 Å². The fourth-order valence-electron chi connectivity index (χ4n) is 3.27. The molecule has 4 aromatic rings. The van der Waals surface area contributed by atoms with Gasteiger partial charge in [0.2, 0.25) is 5.82 Å². The summed E-state index contributed by atoms with van der Waals surface area (Å²) in [6.45, 7) is 4.60. The highest BCUT2D eigenvalue weighted by Gasteiger charge is 2.14. The molecule has 26 heavy (non-hydrogen) atoms. The van der Waals surface area contributed by atoms with Crippen LogP contribution >= 0.6 is 0 Å². The minimum absolute atomic E-state index is 0.210. The summed E-state index contributed by atoms with van der Waals surface area (Å²) in [7, 11) is 0. The van der Waals surface area contributed by atoms with Gasteiger partial charge in [-0.1, -0.05) is 42.0 Å². The predicted octanol–water partition coefficient (Wildman–Crippen LogP) is 3.50. The molecule has 2 heterocycles. The van der Waals surface area contributed by atoms with Crippen LogP contribution in [0.3, 0.4) is 0 Å². The van der Waals surface area contributed by atoms with Crippen molar-refractivity contribution in [3.8, 4) is 11.3 Å². The van der Waals surface area contributed by atoms with Gasteiger partial charge in [0.1, 0.15) is 6.33 Å². The van der Waals surface area contributed by atoms with Crippen molar-refractivity contribution in [1.82, 2.24) is 25.5 Å². The molecular weight excluding hydrogens is 326 g/mol. The summed E-state index contributed by atoms with van der Waals surface area (Å²) in [4.78, 5) is 19.6. The normalized spacial score (nSPS) is 11.0. The lowest BCUT2D eigenvalue weighted by Gasteiger charge is -2.07. The molecule has 0 bridgehead atoms. The lowest BCUT2D eigenvalue weighted by atomic mass is 10.0. The average Bonchev–Trinajstić information content (AvgIpc) is 3.29. The Labute approximate surface area is 150 Å². The molecule has 6 nitrogen and oxygen atoms in total. The van der Waals surface area contributed by atoms with Gasteiger partial charge in [0, 0.05) is 17.6 Å². The maximum Gasteiger partial charge on any atom is 0.288 e. The van der Waals surface area contributed by atoms with Crippen LogP contribution in [0.15, 0.2) is 48.8 Å². The number of rotatable bonds is 4. The van der Waals surface area contributed by atoms with Crippen molar-refractivity contribution in [2.75, 3.05) is 0 Å². The second kappa shape index (κ2) is 6.48. The van der Waals surface area contributed by atoms with E-state index >= 15 is 0 Å². The predicted molar refractivity (Wildman–Crippen MR) is 101 cm³/mol. The van der Waals surface area contributed by atoms with Gasteiger partial charge in [0.05, 0.1) is 5.52 Å². The second-order valence-corrected chi connectivity index (χ2v) is 6.35. The number of aromatic nitrogens is 4. The molecule has 0 unspecified atom stereocenters. The summed E-state index contributed by atoms with van der Waals surface area (Å²) in [5.41, 5.74) is 6.70. The van der Waals surface area contributed by atoms with Gasteiger partial charge in [-0.25, -0.2) is 4.98 Å². The zero-order valence-corrected chi connectivity index (χ0v) is 14.6. The summed E-state index contributed by atoms with van der Waals surface area (Å²) < 4.78 is 0. The van der Waals surface area contributed by atoms with E-state index in [2.05, 4.69) is 63.6 Å². The Morgan fingerprint density at radius 1 is 1.15 bits per heavy atom. The molecule has 0 radical (unpaired) electrons. The van der Waals surface area contributed by atoms with Crippen LogP contribution in [-0.2, 0) is 6.54 Å². The first-order valence-corrected chi connectivity index (χ1v) is 8.44. The molecule has 4 rings (SSSR count). The second-order valence-electron chi connectivity index (χ2n) is 6.35. The zero-order chi connectivity index (χ0) is 18.1. The number of nitrogens with zero attached hydrogens (tertiary/aromatic N) is 2. The van der Waals surface area contributed by atoms with Gasteiger partial charge in [-0.3, -0.25) is 9.89 Å². The quantitative estimate of drug-likeness (QED) is 0.529. The summed E-state index contributed by atoms with van der Waals surface area (Å²) in [6, 6.07) is 14.5. The van der Waals surface area contributed by atoms with Crippen LogP contribution in [0.5, 0.6) is 0 Å². The van der Waals surface area contributed by atoms with Crippen LogP contribution in [0.25, 0.3) is 22.2 Å². The number of aromatic amines is 2. The van der Waals surface area contributed by atoms with Crippen molar-refractivity contribution in [1.29, 1.82) is 0 Å². The molecule has 0 aliphatic carbocycles. The first kappa shape index (κ1) is 16.1. The minimum Gasteiger partial charge on any atom is -0.354 e. The number of H-pyrrole nitrogens is 2. The first-order chi connectivity index (χ1) is 12.6. The monoisotopic (exact) mass is 345 g/mol. The van der Waals surface area contributed by atoms with Gasteiger partial charge in [0.15, 0.2) is 0 Å². The third kappa shape index (κ3) is 2.86. The molecule has 0 fully saturated rings. The van der Waals surface area contributed by atoms with Gasteiger partial charge in [-0.2, -0.15) is 5.10 Å². The Balaban J connectivity index is 1.72. The van der Waals surface area contributed by atoms with Crippen molar-refractivity contribution in [3.63, 3.8) is 0 Å². The molecule has 0 saturated heterocycles. The number of nitrogens with one attached hydrogen (secondary N) is 3. The van der Waals surface area contributed by atoms with Crippen LogP contribution in [0.1, 0.15) is 27.3 Å². The van der Waals surface area contributed by atoms with Crippen LogP contribution in [0.4, 0.5) is 0 Å². The van der Waals surface area contributed by atoms with E-state index in [1.54, 1.807) is 0 Å². The Hall–Kier alpha value is -3.41. The summed E-state index contributed by atoms with van der Waals surface area (Å²) >= 11 is 0. The molecule has 3 N–H and O–H groups in total. The largest absolute Gasteiger partial charge is 0.354 e. The Morgan fingerprint density at radius 3 is 2.69 bits per heavy atom. The molecule has 0 aliphatic heterocycles. The molecule has 130 valence electrons. The van der Waals surface area contributed by atoms with Crippen molar-refractivity contribution >= 4 is 16.8 Å². The van der Waals surface area contributed by atoms with Gasteiger partial charge < -0.3 is 10.3 Å². The average molecular weight is 345 g/mol. The van der Waals surface area contributed by atoms with Gasteiger partial charge in [0.25, 0.3) is 5.91 Å². The van der Waals surface area contributed by atoms with Crippen LogP contribution in [0, 0.1) is 13.8 Å². The lowest BCUT2D eigenvalue weighted by molar-refractivity contribution is 0.0941. The number of amides is 1. The smallest absolute Gasteiger partial charge is 0.288 e. The molecule has 0 aliphatic rings. The van der Waals surface area contributed by atoms with Gasteiger partial charge in [-0.15, -0.1) is 0 Å². The standard InChI is InChI=1S/C20H19N5O/c1-12-8-15(10-21-20(26)19-22-11-23-25-19)18-16(9-12)13(2)17(24-18)14-6-4-3-5-7-14/h3-9,11,24H,10H2,1-2H3,(H,21,26)(H,22,23,25). The molecule has 0 saturated carbocycles. The number of hydrogen-bond acceptors (Lipinski definition) is 3. The minimum atomic E-state index is -0.274. The SMILES string of the molecule is Cc1cc(CNC(=O)c2ncn[nH]2)c2[nH]c(-c3ccccc3)c(C)c2c1. The van der Waals surface area contributed by atoms with E-state index in [1.165, 1.54) is 17.3 Å². The van der Waals surface area contributed by atoms with Gasteiger partial charge in [-0.05, 0) is 36.6 Å². The van der Waals surface area contributed by atoms with Crippen molar-refractivity contribution in [3.05, 3.63) is 71.3 Å². The number of benzene rings is 2. The zero-order valence-electron chi connectivity index (χ0n) is 14.6. The summed E-state index contributed by atoms with van der Waals surface area (Å²) in [5.74, 6) is -0.0646. The van der Waals surface area contributed by atoms with E-state index in [9.17, 15) is 4.79 Å². The maximum absolute atomic E-state index is 12.1. The third-order valence-electron chi connectivity index (χ3n) is 4.53. The fraction of sp³-hybridized carbons (Fsp3) is 0.150. The van der Waals surface area contributed by atoms with Gasteiger partial charge >= 0.3 is 0 Å². The highest BCUT2D eigenvalue weighted by Crippen LogP contribution is 2.32. The van der Waals surface area contributed by atoms with Crippen molar-refractivity contribution in [2.24, 2.45) is 0 Å². The summed E-state index contributed by atoms with van der Waals surface area (Å²) in [5, 5.41) is 10.4. The number of carbonyl (C=O) groups excluding carboxylic acids is 1. The van der Waals surface area contributed by atoms with E-state index in [1.807, 2.05) is 18.2 Å². The Bertz CT molecular complexity index is 1060. The van der Waals surface area contributed by atoms with Crippen molar-refractivity contribution in [2.45, 2.75) is 20.4 Å². The van der Waals surface area contributed by atoms with E-state index in [4.69, 9.17) is 0 Å². The fourth-order valence-corrected chi connectivity index (χ4v) is 3.27. The first-order valence-electron chi connectivity index (χ1n) is 8.44. The Morgan fingerprint density at radius 2 is 1.96 bits per heavy atom. The third-order valence-corrected chi connectivity index (χ3v) is 4.53. The van der Waals surface area contributed by atoms with Crippen LogP contribution in [0.2, 0.25) is 0 Å². The van der Waals surface area contributed by atoms with Crippen LogP contribution in [-0.4, -0.2) is 26.1 Å². The topological polar surface area (TPSA) is 86.5 Å². The van der Waals surface area contributed by atoms with E-state index in [0.717, 1.165) is 27.9 Å². The molecule has 2 aromatic heterocycles. The molecule has 0 atom stereocenters. The lowest BCUT2D eigenvalue weighted by Crippen LogP contribution is -2.24. The number of fused-ring (bicyclic) bond motifs is 1. The van der Waals surface area contributed by atoms with Crippen molar-refractivity contribution < 1.29 is 4.79 Å². The highest BCUT2D eigenvalue weighted by atomic mass is 16.2. The molecule has 1 amide bonds. The molecular formula is C20H19N5O. The number of carbonyl (C=O) groups is 1. The van der Waals surface area contributed by atoms with Crippen LogP contribution < -0.4 is 5.32 Å². The number of aryl methyl sites for hydroxylation is 2. The summed E-state index contributed by atoms with van der Waals surface area (Å²) in [6.07, 6.45) is 1.32. The molecule has 0 spiro atoms. The molecule has 6 heteroatoms. The number of hydrogen-bond donors (Lipinski definition) is 3. The van der Waals surface area contributed by atoms with E-state index in [-0.39, 0.29) is 11.7 Å². The highest BCUT2D eigenvalue weighted by molar-refractivity contribution is 5.94. The van der Waals surface area contributed by atoms with E-state index in [0.29, 0.717) is 6.54 Å². The molecule has 2 aromatic carbocycles.